The molecule has 0 aliphatic rings. The molecule has 0 bridgehead atoms. The Bertz CT molecular complexity index is 1250. The number of halogens is 3. The highest BCUT2D eigenvalue weighted by atomic mass is 19.4. The third kappa shape index (κ3) is 4.44. The summed E-state index contributed by atoms with van der Waals surface area (Å²) < 4.78 is 47.3. The minimum Gasteiger partial charge on any atom is -0.444 e. The minimum absolute atomic E-state index is 0.00776. The first-order valence-electron chi connectivity index (χ1n) is 8.95. The second kappa shape index (κ2) is 8.01. The number of fused-ring (bicyclic) bond motifs is 1. The number of rotatable bonds is 4. The predicted molar refractivity (Wildman–Crippen MR) is 103 cm³/mol. The molecule has 0 fully saturated rings. The normalized spacial score (nSPS) is 11.5. The van der Waals surface area contributed by atoms with Crippen LogP contribution in [0.5, 0.6) is 0 Å². The quantitative estimate of drug-likeness (QED) is 0.499. The third-order valence-corrected chi connectivity index (χ3v) is 4.33. The van der Waals surface area contributed by atoms with E-state index in [-0.39, 0.29) is 18.1 Å². The number of anilines is 1. The van der Waals surface area contributed by atoms with E-state index in [2.05, 4.69) is 29.9 Å². The number of benzene rings is 1. The van der Waals surface area contributed by atoms with Crippen LogP contribution < -0.4 is 5.32 Å². The van der Waals surface area contributed by atoms with Crippen molar-refractivity contribution in [3.8, 4) is 11.5 Å². The summed E-state index contributed by atoms with van der Waals surface area (Å²) in [5, 5.41) is 7.68. The molecule has 1 N–H and O–H groups in total. The lowest BCUT2D eigenvalue weighted by Gasteiger charge is -2.10. The van der Waals surface area contributed by atoms with Gasteiger partial charge in [0.2, 0.25) is 5.82 Å². The van der Waals surface area contributed by atoms with Gasteiger partial charge in [-0.3, -0.25) is 10.3 Å². The lowest BCUT2D eigenvalue weighted by molar-refractivity contribution is -0.159. The summed E-state index contributed by atoms with van der Waals surface area (Å²) in [5.41, 5.74) is 1.47. The van der Waals surface area contributed by atoms with Crippen LogP contribution in [0, 0.1) is 6.92 Å². The second-order valence-electron chi connectivity index (χ2n) is 6.47. The lowest BCUT2D eigenvalue weighted by atomic mass is 10.1. The van der Waals surface area contributed by atoms with Crippen molar-refractivity contribution < 1.29 is 27.2 Å². The van der Waals surface area contributed by atoms with Crippen LogP contribution in [-0.2, 0) is 17.5 Å². The number of pyridine rings is 2. The smallest absolute Gasteiger partial charge is 0.444 e. The van der Waals surface area contributed by atoms with Gasteiger partial charge in [-0.15, -0.1) is 0 Å². The first-order chi connectivity index (χ1) is 14.8. The predicted octanol–water partition coefficient (Wildman–Crippen LogP) is 4.76. The van der Waals surface area contributed by atoms with Gasteiger partial charge in [0, 0.05) is 23.3 Å². The summed E-state index contributed by atoms with van der Waals surface area (Å²) in [6, 6.07) is 10.4. The largest absolute Gasteiger partial charge is 0.471 e. The summed E-state index contributed by atoms with van der Waals surface area (Å²) >= 11 is 0. The summed E-state index contributed by atoms with van der Waals surface area (Å²) in [6.07, 6.45) is -2.12. The molecule has 0 atom stereocenters. The average Bonchev–Trinajstić information content (AvgIpc) is 3.24. The van der Waals surface area contributed by atoms with Gasteiger partial charge in [-0.1, -0.05) is 29.4 Å². The number of aryl methyl sites for hydroxylation is 1. The van der Waals surface area contributed by atoms with Gasteiger partial charge in [-0.25, -0.2) is 9.78 Å². The number of carbonyl (C=O) groups is 1. The van der Waals surface area contributed by atoms with Crippen molar-refractivity contribution in [2.24, 2.45) is 0 Å². The number of alkyl halides is 3. The van der Waals surface area contributed by atoms with Gasteiger partial charge in [0.1, 0.15) is 12.3 Å². The Balaban J connectivity index is 1.43. The first-order valence-corrected chi connectivity index (χ1v) is 8.95. The molecule has 0 saturated carbocycles. The minimum atomic E-state index is -4.74. The maximum atomic E-state index is 12.6. The van der Waals surface area contributed by atoms with Gasteiger partial charge in [0.05, 0.1) is 11.4 Å². The van der Waals surface area contributed by atoms with Gasteiger partial charge in [-0.05, 0) is 24.4 Å². The summed E-state index contributed by atoms with van der Waals surface area (Å²) in [4.78, 5) is 23.7. The Morgan fingerprint density at radius 1 is 1.13 bits per heavy atom. The van der Waals surface area contributed by atoms with Crippen LogP contribution in [0.4, 0.5) is 23.7 Å². The van der Waals surface area contributed by atoms with Gasteiger partial charge in [-0.2, -0.15) is 18.2 Å². The Labute approximate surface area is 173 Å². The van der Waals surface area contributed by atoms with E-state index < -0.39 is 18.2 Å². The zero-order valence-corrected chi connectivity index (χ0v) is 16.0. The number of aromatic nitrogens is 4. The average molecular weight is 429 g/mol. The molecule has 0 aliphatic carbocycles. The summed E-state index contributed by atoms with van der Waals surface area (Å²) in [7, 11) is 0. The Morgan fingerprint density at radius 3 is 2.68 bits per heavy atom. The fourth-order valence-electron chi connectivity index (χ4n) is 2.84. The van der Waals surface area contributed by atoms with Crippen LogP contribution in [0.2, 0.25) is 0 Å². The van der Waals surface area contributed by atoms with Gasteiger partial charge in [0.15, 0.2) is 0 Å². The van der Waals surface area contributed by atoms with Crippen LogP contribution in [0.15, 0.2) is 53.3 Å². The van der Waals surface area contributed by atoms with Crippen molar-refractivity contribution in [2.45, 2.75) is 19.7 Å². The highest BCUT2D eigenvalue weighted by Gasteiger charge is 2.38. The fourth-order valence-corrected chi connectivity index (χ4v) is 2.84. The van der Waals surface area contributed by atoms with E-state index in [1.54, 1.807) is 19.3 Å². The molecule has 4 rings (SSSR count). The van der Waals surface area contributed by atoms with Gasteiger partial charge < -0.3 is 9.26 Å². The number of hydrogen-bond acceptors (Lipinski definition) is 7. The first kappa shape index (κ1) is 20.3. The van der Waals surface area contributed by atoms with E-state index in [0.29, 0.717) is 11.4 Å². The van der Waals surface area contributed by atoms with Crippen molar-refractivity contribution in [3.05, 3.63) is 65.9 Å². The zero-order chi connectivity index (χ0) is 22.0. The number of nitrogens with zero attached hydrogens (tertiary/aromatic N) is 4. The molecule has 8 nitrogen and oxygen atoms in total. The van der Waals surface area contributed by atoms with E-state index in [9.17, 15) is 18.0 Å². The number of amides is 1. The molecule has 0 aliphatic heterocycles. The molecule has 0 unspecified atom stereocenters. The number of hydrogen-bond donors (Lipinski definition) is 1. The van der Waals surface area contributed by atoms with Crippen LogP contribution in [0.3, 0.4) is 0 Å². The molecule has 4 aromatic rings. The Hall–Kier alpha value is -4.02. The molecule has 11 heteroatoms. The van der Waals surface area contributed by atoms with Crippen molar-refractivity contribution in [1.29, 1.82) is 0 Å². The topological polar surface area (TPSA) is 103 Å². The molecular formula is C20H14F3N5O3. The highest BCUT2D eigenvalue weighted by Crippen LogP contribution is 2.29. The second-order valence-corrected chi connectivity index (χ2v) is 6.47. The number of carbonyl (C=O) groups excluding carboxylic acids is 1. The Kier molecular flexibility index (Phi) is 5.24. The SMILES string of the molecule is Cc1nc(-c2noc(C(F)(F)F)n2)ccc1NC(=O)OCc1cncc2ccccc12. The van der Waals surface area contributed by atoms with Crippen molar-refractivity contribution >= 4 is 22.6 Å². The van der Waals surface area contributed by atoms with E-state index in [1.165, 1.54) is 12.1 Å². The molecule has 1 aromatic carbocycles. The van der Waals surface area contributed by atoms with Crippen LogP contribution in [-0.4, -0.2) is 26.2 Å². The van der Waals surface area contributed by atoms with Crippen LogP contribution in [0.25, 0.3) is 22.3 Å². The monoisotopic (exact) mass is 429 g/mol. The molecule has 31 heavy (non-hydrogen) atoms. The Morgan fingerprint density at radius 2 is 1.94 bits per heavy atom. The van der Waals surface area contributed by atoms with Gasteiger partial charge >= 0.3 is 18.2 Å². The standard InChI is InChI=1S/C20H14F3N5O3/c1-11-15(6-7-16(25-11)17-27-18(31-28-17)20(21,22)23)26-19(29)30-10-13-9-24-8-12-4-2-3-5-14(12)13/h2-9H,10H2,1H3,(H,26,29). The lowest BCUT2D eigenvalue weighted by Crippen LogP contribution is -2.15. The van der Waals surface area contributed by atoms with E-state index in [4.69, 9.17) is 4.74 Å². The molecule has 3 aromatic heterocycles. The van der Waals surface area contributed by atoms with E-state index in [0.717, 1.165) is 16.3 Å². The van der Waals surface area contributed by atoms with E-state index >= 15 is 0 Å². The highest BCUT2D eigenvalue weighted by molar-refractivity contribution is 5.87. The number of nitrogens with one attached hydrogen (secondary N) is 1. The summed E-state index contributed by atoms with van der Waals surface area (Å²) in [6.45, 7) is 1.58. The number of ether oxygens (including phenoxy) is 1. The maximum Gasteiger partial charge on any atom is 0.471 e. The summed E-state index contributed by atoms with van der Waals surface area (Å²) in [5.74, 6) is -1.77. The van der Waals surface area contributed by atoms with Crippen LogP contribution in [0.1, 0.15) is 17.1 Å². The molecule has 1 amide bonds. The van der Waals surface area contributed by atoms with Gasteiger partial charge in [0.25, 0.3) is 0 Å². The van der Waals surface area contributed by atoms with Crippen molar-refractivity contribution in [1.82, 2.24) is 20.1 Å². The van der Waals surface area contributed by atoms with Crippen LogP contribution >= 0.6 is 0 Å². The maximum absolute atomic E-state index is 12.6. The van der Waals surface area contributed by atoms with Crippen molar-refractivity contribution in [3.63, 3.8) is 0 Å². The molecule has 3 heterocycles. The molecule has 0 radical (unpaired) electrons. The molecular weight excluding hydrogens is 415 g/mol. The van der Waals surface area contributed by atoms with E-state index in [1.807, 2.05) is 24.3 Å². The molecule has 0 saturated heterocycles. The molecule has 158 valence electrons. The van der Waals surface area contributed by atoms with Crippen molar-refractivity contribution in [2.75, 3.05) is 5.32 Å². The zero-order valence-electron chi connectivity index (χ0n) is 16.0. The fraction of sp³-hybridized carbons (Fsp3) is 0.150. The molecule has 0 spiro atoms. The third-order valence-electron chi connectivity index (χ3n) is 4.33.